The number of hydrogen-bond donors (Lipinski definition) is 1. The molecular formula is C15H20N4O. The average molecular weight is 272 g/mol. The predicted molar refractivity (Wildman–Crippen MR) is 77.4 cm³/mol. The van der Waals surface area contributed by atoms with Gasteiger partial charge in [-0.05, 0) is 32.4 Å². The lowest BCUT2D eigenvalue weighted by Crippen LogP contribution is -2.28. The number of rotatable bonds is 5. The second-order valence-electron chi connectivity index (χ2n) is 4.72. The molecule has 0 bridgehead atoms. The van der Waals surface area contributed by atoms with E-state index in [0.29, 0.717) is 5.56 Å². The van der Waals surface area contributed by atoms with Gasteiger partial charge < -0.3 is 5.32 Å². The summed E-state index contributed by atoms with van der Waals surface area (Å²) in [5, 5.41) is 7.13. The van der Waals surface area contributed by atoms with Crippen LogP contribution in [0.4, 0.5) is 0 Å². The molecule has 0 aliphatic carbocycles. The van der Waals surface area contributed by atoms with Crippen molar-refractivity contribution in [2.24, 2.45) is 0 Å². The summed E-state index contributed by atoms with van der Waals surface area (Å²) in [6, 6.07) is 5.77. The number of pyridine rings is 1. The first-order valence-corrected chi connectivity index (χ1v) is 6.91. The lowest BCUT2D eigenvalue weighted by molar-refractivity contribution is 0.0934. The van der Waals surface area contributed by atoms with Crippen LogP contribution in [0.25, 0.3) is 0 Å². The van der Waals surface area contributed by atoms with Crippen molar-refractivity contribution >= 4 is 5.91 Å². The van der Waals surface area contributed by atoms with Crippen molar-refractivity contribution in [1.29, 1.82) is 0 Å². The van der Waals surface area contributed by atoms with Crippen molar-refractivity contribution < 1.29 is 4.79 Å². The first-order valence-electron chi connectivity index (χ1n) is 6.91. The van der Waals surface area contributed by atoms with Crippen molar-refractivity contribution in [2.45, 2.75) is 39.8 Å². The molecular weight excluding hydrogens is 252 g/mol. The molecule has 2 aromatic heterocycles. The molecule has 2 rings (SSSR count). The summed E-state index contributed by atoms with van der Waals surface area (Å²) in [6.07, 6.45) is 4.14. The monoisotopic (exact) mass is 272 g/mol. The Labute approximate surface area is 119 Å². The zero-order chi connectivity index (χ0) is 14.5. The largest absolute Gasteiger partial charge is 0.344 e. The maximum atomic E-state index is 12.2. The van der Waals surface area contributed by atoms with Crippen LogP contribution in [0.5, 0.6) is 0 Å². The molecule has 1 atom stereocenters. The minimum absolute atomic E-state index is 0.0765. The first-order chi connectivity index (χ1) is 9.63. The van der Waals surface area contributed by atoms with E-state index in [9.17, 15) is 4.79 Å². The van der Waals surface area contributed by atoms with E-state index in [4.69, 9.17) is 0 Å². The fourth-order valence-electron chi connectivity index (χ4n) is 2.04. The summed E-state index contributed by atoms with van der Waals surface area (Å²) in [5.41, 5.74) is 2.43. The van der Waals surface area contributed by atoms with E-state index in [0.717, 1.165) is 24.4 Å². The minimum atomic E-state index is -0.111. The standard InChI is InChI=1S/C15H20N4O/c1-4-13(14-8-6-7-11(3)17-14)18-15(20)12-9-16-19(5-2)10-12/h6-10,13H,4-5H2,1-3H3,(H,18,20)/t13-/m1/s1. The first kappa shape index (κ1) is 14.2. The fourth-order valence-corrected chi connectivity index (χ4v) is 2.04. The maximum absolute atomic E-state index is 12.2. The molecule has 5 heteroatoms. The third-order valence-corrected chi connectivity index (χ3v) is 3.20. The zero-order valence-electron chi connectivity index (χ0n) is 12.1. The number of aryl methyl sites for hydroxylation is 2. The highest BCUT2D eigenvalue weighted by Gasteiger charge is 2.16. The molecule has 0 saturated carbocycles. The number of aromatic nitrogens is 3. The molecule has 2 aromatic rings. The van der Waals surface area contributed by atoms with Crippen molar-refractivity contribution in [1.82, 2.24) is 20.1 Å². The van der Waals surface area contributed by atoms with Crippen molar-refractivity contribution in [3.63, 3.8) is 0 Å². The predicted octanol–water partition coefficient (Wildman–Crippen LogP) is 2.49. The Bertz CT molecular complexity index is 591. The molecule has 0 aromatic carbocycles. The Morgan fingerprint density at radius 1 is 1.40 bits per heavy atom. The summed E-state index contributed by atoms with van der Waals surface area (Å²) in [7, 11) is 0. The van der Waals surface area contributed by atoms with Crippen molar-refractivity contribution in [3.05, 3.63) is 47.5 Å². The van der Waals surface area contributed by atoms with Gasteiger partial charge >= 0.3 is 0 Å². The molecule has 0 aliphatic rings. The molecule has 1 N–H and O–H groups in total. The Hall–Kier alpha value is -2.17. The third-order valence-electron chi connectivity index (χ3n) is 3.20. The zero-order valence-corrected chi connectivity index (χ0v) is 12.1. The van der Waals surface area contributed by atoms with E-state index in [-0.39, 0.29) is 11.9 Å². The summed E-state index contributed by atoms with van der Waals surface area (Å²) in [6.45, 7) is 6.72. The molecule has 0 aliphatic heterocycles. The Balaban J connectivity index is 2.11. The van der Waals surface area contributed by atoms with Gasteiger partial charge in [0.2, 0.25) is 0 Å². The van der Waals surface area contributed by atoms with Crippen LogP contribution in [0, 0.1) is 6.92 Å². The van der Waals surface area contributed by atoms with Crippen molar-refractivity contribution in [2.75, 3.05) is 0 Å². The van der Waals surface area contributed by atoms with Gasteiger partial charge in [-0.25, -0.2) is 0 Å². The Morgan fingerprint density at radius 2 is 2.20 bits per heavy atom. The van der Waals surface area contributed by atoms with Gasteiger partial charge in [-0.3, -0.25) is 14.5 Å². The quantitative estimate of drug-likeness (QED) is 0.909. The van der Waals surface area contributed by atoms with Crippen LogP contribution in [-0.4, -0.2) is 20.7 Å². The van der Waals surface area contributed by atoms with Gasteiger partial charge in [0.15, 0.2) is 0 Å². The van der Waals surface area contributed by atoms with Gasteiger partial charge in [0.25, 0.3) is 5.91 Å². The molecule has 1 amide bonds. The lowest BCUT2D eigenvalue weighted by Gasteiger charge is -2.16. The van der Waals surface area contributed by atoms with E-state index in [2.05, 4.69) is 15.4 Å². The summed E-state index contributed by atoms with van der Waals surface area (Å²) in [5.74, 6) is -0.111. The van der Waals surface area contributed by atoms with Crippen molar-refractivity contribution in [3.8, 4) is 0 Å². The summed E-state index contributed by atoms with van der Waals surface area (Å²) >= 11 is 0. The van der Waals surface area contributed by atoms with Gasteiger partial charge in [-0.15, -0.1) is 0 Å². The minimum Gasteiger partial charge on any atom is -0.344 e. The summed E-state index contributed by atoms with van der Waals surface area (Å²) < 4.78 is 1.74. The molecule has 5 nitrogen and oxygen atoms in total. The SMILES string of the molecule is CC[C@@H](NC(=O)c1cnn(CC)c1)c1cccc(C)n1. The van der Waals surface area contributed by atoms with E-state index in [1.165, 1.54) is 0 Å². The van der Waals surface area contributed by atoms with E-state index in [1.807, 2.05) is 39.0 Å². The number of nitrogens with one attached hydrogen (secondary N) is 1. The van der Waals surface area contributed by atoms with Gasteiger partial charge in [-0.1, -0.05) is 13.0 Å². The Morgan fingerprint density at radius 3 is 2.80 bits per heavy atom. The van der Waals surface area contributed by atoms with Gasteiger partial charge in [0.1, 0.15) is 0 Å². The highest BCUT2D eigenvalue weighted by atomic mass is 16.1. The van der Waals surface area contributed by atoms with E-state index >= 15 is 0 Å². The summed E-state index contributed by atoms with van der Waals surface area (Å²) in [4.78, 5) is 16.7. The number of nitrogens with zero attached hydrogens (tertiary/aromatic N) is 3. The van der Waals surface area contributed by atoms with Crippen LogP contribution in [0.2, 0.25) is 0 Å². The van der Waals surface area contributed by atoms with Gasteiger partial charge in [-0.2, -0.15) is 5.10 Å². The highest BCUT2D eigenvalue weighted by Crippen LogP contribution is 2.15. The number of carbonyl (C=O) groups is 1. The smallest absolute Gasteiger partial charge is 0.255 e. The normalized spacial score (nSPS) is 12.2. The number of amides is 1. The van der Waals surface area contributed by atoms with Gasteiger partial charge in [0, 0.05) is 18.4 Å². The fraction of sp³-hybridized carbons (Fsp3) is 0.400. The van der Waals surface area contributed by atoms with Crippen LogP contribution in [0.1, 0.15) is 48.1 Å². The topological polar surface area (TPSA) is 59.8 Å². The molecule has 20 heavy (non-hydrogen) atoms. The second kappa shape index (κ2) is 6.32. The second-order valence-corrected chi connectivity index (χ2v) is 4.72. The molecule has 0 spiro atoms. The van der Waals surface area contributed by atoms with Crippen LogP contribution in [0.15, 0.2) is 30.6 Å². The van der Waals surface area contributed by atoms with Crippen LogP contribution >= 0.6 is 0 Å². The molecule has 0 unspecified atom stereocenters. The highest BCUT2D eigenvalue weighted by molar-refractivity contribution is 5.93. The van der Waals surface area contributed by atoms with Gasteiger partial charge in [0.05, 0.1) is 23.5 Å². The Kier molecular flexibility index (Phi) is 4.50. The molecule has 0 radical (unpaired) electrons. The number of carbonyl (C=O) groups excluding carboxylic acids is 1. The molecule has 0 saturated heterocycles. The lowest BCUT2D eigenvalue weighted by atomic mass is 10.1. The number of hydrogen-bond acceptors (Lipinski definition) is 3. The molecule has 0 fully saturated rings. The molecule has 106 valence electrons. The third kappa shape index (κ3) is 3.23. The van der Waals surface area contributed by atoms with E-state index < -0.39 is 0 Å². The van der Waals surface area contributed by atoms with Crippen LogP contribution in [0.3, 0.4) is 0 Å². The van der Waals surface area contributed by atoms with Crippen LogP contribution < -0.4 is 5.32 Å². The van der Waals surface area contributed by atoms with Crippen LogP contribution in [-0.2, 0) is 6.54 Å². The van der Waals surface area contributed by atoms with E-state index in [1.54, 1.807) is 17.1 Å². The molecule has 2 heterocycles. The average Bonchev–Trinajstić information content (AvgIpc) is 2.93. The maximum Gasteiger partial charge on any atom is 0.255 e.